The molecule has 1 atom stereocenters. The summed E-state index contributed by atoms with van der Waals surface area (Å²) in [5.74, 6) is -0.190. The van der Waals surface area contributed by atoms with Crippen LogP contribution in [0.2, 0.25) is 5.15 Å². The number of carbonyl (C=O) groups excluding carboxylic acids is 2. The molecule has 1 saturated carbocycles. The van der Waals surface area contributed by atoms with Gasteiger partial charge in [-0.05, 0) is 36.8 Å². The summed E-state index contributed by atoms with van der Waals surface area (Å²) in [6.07, 6.45) is 2.76. The number of rotatable bonds is 8. The number of halogens is 1. The molecule has 0 saturated heterocycles. The van der Waals surface area contributed by atoms with Crippen LogP contribution < -0.4 is 21.5 Å². The molecule has 1 aliphatic carbocycles. The highest BCUT2D eigenvalue weighted by atomic mass is 35.5. The first-order valence-electron chi connectivity index (χ1n) is 13.6. The lowest BCUT2D eigenvalue weighted by Gasteiger charge is -2.27. The molecule has 214 valence electrons. The zero-order valence-electron chi connectivity index (χ0n) is 23.0. The van der Waals surface area contributed by atoms with E-state index in [0.29, 0.717) is 17.7 Å². The van der Waals surface area contributed by atoms with Crippen molar-refractivity contribution in [1.29, 1.82) is 5.41 Å². The Hall–Kier alpha value is -4.18. The number of hydrogen-bond acceptors (Lipinski definition) is 7. The Morgan fingerprint density at radius 1 is 1.10 bits per heavy atom. The minimum Gasteiger partial charge on any atom is -0.444 e. The van der Waals surface area contributed by atoms with Gasteiger partial charge in [-0.1, -0.05) is 80.0 Å². The normalized spacial score (nSPS) is 17.2. The number of hydrogen-bond donors (Lipinski definition) is 4. The van der Waals surface area contributed by atoms with Gasteiger partial charge >= 0.3 is 6.09 Å². The third-order valence-electron chi connectivity index (χ3n) is 7.62. The molecule has 5 rings (SSSR count). The van der Waals surface area contributed by atoms with Crippen LogP contribution in [0.1, 0.15) is 68.0 Å². The van der Waals surface area contributed by atoms with Crippen LogP contribution in [0.3, 0.4) is 0 Å². The van der Waals surface area contributed by atoms with Crippen LogP contribution >= 0.6 is 11.6 Å². The van der Waals surface area contributed by atoms with E-state index in [1.807, 2.05) is 44.2 Å². The van der Waals surface area contributed by atoms with E-state index in [1.54, 1.807) is 24.3 Å². The molecule has 1 aliphatic heterocycles. The second-order valence-electron chi connectivity index (χ2n) is 11.1. The van der Waals surface area contributed by atoms with Gasteiger partial charge in [0.25, 0.3) is 5.56 Å². The molecule has 11 heteroatoms. The minimum atomic E-state index is -0.716. The number of anilines is 1. The van der Waals surface area contributed by atoms with Gasteiger partial charge in [0.2, 0.25) is 5.91 Å². The van der Waals surface area contributed by atoms with Crippen LogP contribution in [0.25, 0.3) is 0 Å². The smallest absolute Gasteiger partial charge is 0.413 e. The maximum absolute atomic E-state index is 13.4. The van der Waals surface area contributed by atoms with E-state index >= 15 is 0 Å². The lowest BCUT2D eigenvalue weighted by atomic mass is 9.87. The number of amidine groups is 1. The fourth-order valence-corrected chi connectivity index (χ4v) is 5.60. The Balaban J connectivity index is 1.19. The van der Waals surface area contributed by atoms with Crippen molar-refractivity contribution in [3.8, 4) is 0 Å². The molecule has 2 heterocycles. The Morgan fingerprint density at radius 3 is 2.46 bits per heavy atom. The van der Waals surface area contributed by atoms with Crippen molar-refractivity contribution in [1.82, 2.24) is 20.2 Å². The molecule has 1 fully saturated rings. The van der Waals surface area contributed by atoms with Crippen molar-refractivity contribution in [3.05, 3.63) is 92.5 Å². The van der Waals surface area contributed by atoms with Crippen molar-refractivity contribution < 1.29 is 14.3 Å². The average Bonchev–Trinajstić information content (AvgIpc) is 3.23. The summed E-state index contributed by atoms with van der Waals surface area (Å²) in [7, 11) is 0. The number of amides is 2. The maximum Gasteiger partial charge on any atom is 0.413 e. The van der Waals surface area contributed by atoms with Crippen molar-refractivity contribution in [2.75, 3.05) is 5.32 Å². The summed E-state index contributed by atoms with van der Waals surface area (Å²) in [4.78, 5) is 43.2. The van der Waals surface area contributed by atoms with Crippen LogP contribution in [0, 0.1) is 5.41 Å². The summed E-state index contributed by atoms with van der Waals surface area (Å²) in [5, 5.41) is 17.0. The standard InChI is InChI=1S/C30H33ClN6O4/c1-30(2)15-22(37-23(30)24(31)35-26(28(37)39)34-21-9-6-10-21)27(38)33-16-18-11-13-20(14-12-18)25(32)36-29(40)41-17-19-7-4-3-5-8-19/h3-5,7-8,11-14,21-22H,6,9-10,15-17H2,1-2H3,(H,33,38)(H,34,35)(H2,32,36,40). The summed E-state index contributed by atoms with van der Waals surface area (Å²) >= 11 is 6.54. The fraction of sp³-hybridized carbons (Fsp3) is 0.367. The summed E-state index contributed by atoms with van der Waals surface area (Å²) < 4.78 is 6.67. The van der Waals surface area contributed by atoms with Gasteiger partial charge in [-0.15, -0.1) is 0 Å². The van der Waals surface area contributed by atoms with Gasteiger partial charge < -0.3 is 15.4 Å². The van der Waals surface area contributed by atoms with Gasteiger partial charge in [-0.2, -0.15) is 0 Å². The predicted molar refractivity (Wildman–Crippen MR) is 156 cm³/mol. The van der Waals surface area contributed by atoms with Crippen molar-refractivity contribution in [2.45, 2.75) is 70.2 Å². The van der Waals surface area contributed by atoms with Gasteiger partial charge in [0.05, 0.1) is 5.69 Å². The molecular weight excluding hydrogens is 544 g/mol. The Kier molecular flexibility index (Phi) is 8.12. The zero-order valence-corrected chi connectivity index (χ0v) is 23.8. The zero-order chi connectivity index (χ0) is 29.1. The SMILES string of the molecule is CC1(C)CC(C(=O)NCc2ccc(C(=N)NC(=O)OCc3ccccc3)cc2)n2c1c(Cl)nc(NC1CCC1)c2=O. The first-order valence-corrected chi connectivity index (χ1v) is 14.0. The Morgan fingerprint density at radius 2 is 1.80 bits per heavy atom. The number of nitrogens with zero attached hydrogens (tertiary/aromatic N) is 2. The molecule has 3 aromatic rings. The molecule has 0 spiro atoms. The van der Waals surface area contributed by atoms with Crippen LogP contribution in [-0.4, -0.2) is 33.4 Å². The van der Waals surface area contributed by atoms with Gasteiger partial charge in [0, 0.05) is 23.6 Å². The molecule has 0 bridgehead atoms. The van der Waals surface area contributed by atoms with Crippen molar-refractivity contribution in [3.63, 3.8) is 0 Å². The van der Waals surface area contributed by atoms with E-state index in [1.165, 1.54) is 4.57 Å². The molecule has 2 amide bonds. The van der Waals surface area contributed by atoms with Crippen molar-refractivity contribution in [2.24, 2.45) is 0 Å². The molecular formula is C30H33ClN6O4. The predicted octanol–water partition coefficient (Wildman–Crippen LogP) is 4.65. The van der Waals surface area contributed by atoms with Gasteiger partial charge in [0.15, 0.2) is 11.0 Å². The second-order valence-corrected chi connectivity index (χ2v) is 11.5. The van der Waals surface area contributed by atoms with Gasteiger partial charge in [0.1, 0.15) is 18.5 Å². The minimum absolute atomic E-state index is 0.0976. The fourth-order valence-electron chi connectivity index (χ4n) is 5.17. The van der Waals surface area contributed by atoms with E-state index in [4.69, 9.17) is 21.7 Å². The van der Waals surface area contributed by atoms with E-state index in [9.17, 15) is 14.4 Å². The van der Waals surface area contributed by atoms with Crippen molar-refractivity contribution >= 4 is 35.3 Å². The number of alkyl carbamates (subject to hydrolysis) is 1. The molecule has 2 aromatic carbocycles. The van der Waals surface area contributed by atoms with E-state index in [-0.39, 0.29) is 47.5 Å². The third kappa shape index (κ3) is 6.27. The maximum atomic E-state index is 13.4. The van der Waals surface area contributed by atoms with Crippen LogP contribution in [0.5, 0.6) is 0 Å². The Bertz CT molecular complexity index is 1520. The molecule has 41 heavy (non-hydrogen) atoms. The molecule has 1 unspecified atom stereocenters. The lowest BCUT2D eigenvalue weighted by molar-refractivity contribution is -0.124. The first-order chi connectivity index (χ1) is 19.6. The number of aromatic nitrogens is 2. The number of nitrogens with one attached hydrogen (secondary N) is 4. The van der Waals surface area contributed by atoms with E-state index < -0.39 is 17.6 Å². The molecule has 10 nitrogen and oxygen atoms in total. The highest BCUT2D eigenvalue weighted by Crippen LogP contribution is 2.43. The van der Waals surface area contributed by atoms with E-state index in [2.05, 4.69) is 20.9 Å². The lowest BCUT2D eigenvalue weighted by Crippen LogP contribution is -2.38. The van der Waals surface area contributed by atoms with E-state index in [0.717, 1.165) is 30.4 Å². The molecule has 1 aromatic heterocycles. The summed E-state index contributed by atoms with van der Waals surface area (Å²) in [6, 6.07) is 15.7. The summed E-state index contributed by atoms with van der Waals surface area (Å²) in [5.41, 5.74) is 1.87. The molecule has 2 aliphatic rings. The Labute approximate surface area is 243 Å². The number of benzene rings is 2. The summed E-state index contributed by atoms with van der Waals surface area (Å²) in [6.45, 7) is 4.25. The first kappa shape index (κ1) is 28.4. The number of carbonyl (C=O) groups is 2. The second kappa shape index (κ2) is 11.7. The monoisotopic (exact) mass is 576 g/mol. The average molecular weight is 577 g/mol. The van der Waals surface area contributed by atoms with Crippen LogP contribution in [0.15, 0.2) is 59.4 Å². The quantitative estimate of drug-likeness (QED) is 0.227. The number of fused-ring (bicyclic) bond motifs is 1. The highest BCUT2D eigenvalue weighted by Gasteiger charge is 2.44. The molecule has 0 radical (unpaired) electrons. The largest absolute Gasteiger partial charge is 0.444 e. The van der Waals surface area contributed by atoms with Crippen LogP contribution in [0.4, 0.5) is 10.6 Å². The number of ether oxygens (including phenoxy) is 1. The third-order valence-corrected chi connectivity index (χ3v) is 7.89. The molecule has 4 N–H and O–H groups in total. The topological polar surface area (TPSA) is 138 Å². The highest BCUT2D eigenvalue weighted by molar-refractivity contribution is 6.30. The van der Waals surface area contributed by atoms with Gasteiger partial charge in [-0.25, -0.2) is 9.78 Å². The van der Waals surface area contributed by atoms with Gasteiger partial charge in [-0.3, -0.25) is 24.9 Å². The van der Waals surface area contributed by atoms with Crippen LogP contribution in [-0.2, 0) is 28.1 Å².